The molecule has 1 amide bonds. The summed E-state index contributed by atoms with van der Waals surface area (Å²) < 4.78 is 0. The first-order valence-corrected chi connectivity index (χ1v) is 10.2. The van der Waals surface area contributed by atoms with Crippen LogP contribution in [-0.4, -0.2) is 50.2 Å². The van der Waals surface area contributed by atoms with Gasteiger partial charge in [-0.15, -0.1) is 35.7 Å². The summed E-state index contributed by atoms with van der Waals surface area (Å²) in [6.07, 6.45) is 2.89. The maximum atomic E-state index is 12.1. The van der Waals surface area contributed by atoms with Gasteiger partial charge in [0, 0.05) is 32.1 Å². The number of carbonyl (C=O) groups is 1. The van der Waals surface area contributed by atoms with Gasteiger partial charge in [0.1, 0.15) is 0 Å². The lowest BCUT2D eigenvalue weighted by molar-refractivity contribution is -0.120. The molecule has 2 rings (SSSR count). The molecule has 2 aromatic carbocycles. The molecule has 0 spiro atoms. The Morgan fingerprint density at radius 2 is 1.71 bits per heavy atom. The lowest BCUT2D eigenvalue weighted by Crippen LogP contribution is -2.44. The van der Waals surface area contributed by atoms with Crippen molar-refractivity contribution in [3.63, 3.8) is 0 Å². The van der Waals surface area contributed by atoms with Crippen LogP contribution in [0.2, 0.25) is 0 Å². The molecule has 0 aliphatic heterocycles. The van der Waals surface area contributed by atoms with Gasteiger partial charge in [0.2, 0.25) is 5.91 Å². The van der Waals surface area contributed by atoms with E-state index in [0.717, 1.165) is 13.0 Å². The molecule has 0 atom stereocenters. The van der Waals surface area contributed by atoms with Crippen LogP contribution >= 0.6 is 35.7 Å². The fraction of sp³-hybridized carbons (Fsp3) is 0.333. The zero-order valence-electron chi connectivity index (χ0n) is 16.6. The molecule has 2 N–H and O–H groups in total. The Bertz CT molecular complexity index is 738. The number of amides is 1. The summed E-state index contributed by atoms with van der Waals surface area (Å²) in [6.45, 7) is 1.56. The molecule has 0 radical (unpaired) electrons. The Labute approximate surface area is 189 Å². The monoisotopic (exact) mass is 512 g/mol. The lowest BCUT2D eigenvalue weighted by Gasteiger charge is -2.22. The van der Waals surface area contributed by atoms with E-state index in [1.807, 2.05) is 30.1 Å². The Balaban J connectivity index is 0.00000392. The summed E-state index contributed by atoms with van der Waals surface area (Å²) in [5.74, 6) is 0.659. The van der Waals surface area contributed by atoms with Gasteiger partial charge in [0.05, 0.1) is 6.54 Å². The molecule has 28 heavy (non-hydrogen) atoms. The SMILES string of the molecule is CN=C(NCC(=O)NCCc1ccccc1)N(C)Cc1ccc(SC)cc1.I. The highest BCUT2D eigenvalue weighted by Gasteiger charge is 2.09. The number of aliphatic imine (C=N–C) groups is 1. The summed E-state index contributed by atoms with van der Waals surface area (Å²) in [6, 6.07) is 18.6. The number of carbonyl (C=O) groups excluding carboxylic acids is 1. The Morgan fingerprint density at radius 1 is 1.04 bits per heavy atom. The first-order chi connectivity index (χ1) is 13.1. The third-order valence-electron chi connectivity index (χ3n) is 4.14. The second kappa shape index (κ2) is 13.4. The van der Waals surface area contributed by atoms with Gasteiger partial charge in [-0.25, -0.2) is 0 Å². The average Bonchev–Trinajstić information content (AvgIpc) is 2.70. The molecular formula is C21H29IN4OS. The fourth-order valence-electron chi connectivity index (χ4n) is 2.68. The van der Waals surface area contributed by atoms with Gasteiger partial charge in [-0.1, -0.05) is 42.5 Å². The number of nitrogens with one attached hydrogen (secondary N) is 2. The van der Waals surface area contributed by atoms with Crippen LogP contribution in [0.25, 0.3) is 0 Å². The van der Waals surface area contributed by atoms with Crippen molar-refractivity contribution in [2.24, 2.45) is 4.99 Å². The van der Waals surface area contributed by atoms with Crippen molar-refractivity contribution in [2.45, 2.75) is 17.9 Å². The maximum absolute atomic E-state index is 12.1. The van der Waals surface area contributed by atoms with Crippen molar-refractivity contribution < 1.29 is 4.79 Å². The molecular weight excluding hydrogens is 483 g/mol. The van der Waals surface area contributed by atoms with E-state index in [-0.39, 0.29) is 36.4 Å². The van der Waals surface area contributed by atoms with Gasteiger partial charge in [-0.2, -0.15) is 0 Å². The van der Waals surface area contributed by atoms with E-state index in [1.54, 1.807) is 18.8 Å². The van der Waals surface area contributed by atoms with Crippen molar-refractivity contribution in [2.75, 3.05) is 33.4 Å². The lowest BCUT2D eigenvalue weighted by atomic mass is 10.1. The van der Waals surface area contributed by atoms with E-state index in [1.165, 1.54) is 16.0 Å². The summed E-state index contributed by atoms with van der Waals surface area (Å²) in [5.41, 5.74) is 2.42. The van der Waals surface area contributed by atoms with Gasteiger partial charge in [0.15, 0.2) is 5.96 Å². The Hall–Kier alpha value is -1.74. The number of nitrogens with zero attached hydrogens (tertiary/aromatic N) is 2. The zero-order valence-corrected chi connectivity index (χ0v) is 19.8. The number of hydrogen-bond acceptors (Lipinski definition) is 3. The van der Waals surface area contributed by atoms with Gasteiger partial charge < -0.3 is 15.5 Å². The molecule has 5 nitrogen and oxygen atoms in total. The number of benzene rings is 2. The number of hydrogen-bond donors (Lipinski definition) is 2. The highest BCUT2D eigenvalue weighted by molar-refractivity contribution is 14.0. The van der Waals surface area contributed by atoms with Crippen LogP contribution in [0.4, 0.5) is 0 Å². The number of halogens is 1. The van der Waals surface area contributed by atoms with Crippen LogP contribution in [0.3, 0.4) is 0 Å². The van der Waals surface area contributed by atoms with Crippen molar-refractivity contribution in [1.82, 2.24) is 15.5 Å². The first-order valence-electron chi connectivity index (χ1n) is 8.97. The van der Waals surface area contributed by atoms with Crippen molar-refractivity contribution in [3.05, 3.63) is 65.7 Å². The van der Waals surface area contributed by atoms with Gasteiger partial charge in [-0.05, 0) is 35.9 Å². The number of guanidine groups is 1. The Morgan fingerprint density at radius 3 is 2.32 bits per heavy atom. The van der Waals surface area contributed by atoms with Gasteiger partial charge >= 0.3 is 0 Å². The fourth-order valence-corrected chi connectivity index (χ4v) is 3.09. The maximum Gasteiger partial charge on any atom is 0.239 e. The zero-order chi connectivity index (χ0) is 19.5. The van der Waals surface area contributed by atoms with Gasteiger partial charge in [0.25, 0.3) is 0 Å². The Kier molecular flexibility index (Phi) is 11.7. The molecule has 0 aliphatic rings. The average molecular weight is 512 g/mol. The molecule has 152 valence electrons. The minimum Gasteiger partial charge on any atom is -0.354 e. The number of thioether (sulfide) groups is 1. The van der Waals surface area contributed by atoms with Gasteiger partial charge in [-0.3, -0.25) is 9.79 Å². The molecule has 7 heteroatoms. The molecule has 0 fully saturated rings. The van der Waals surface area contributed by atoms with E-state index in [2.05, 4.69) is 58.3 Å². The molecule has 0 saturated carbocycles. The van der Waals surface area contributed by atoms with Crippen LogP contribution in [0.15, 0.2) is 64.5 Å². The minimum atomic E-state index is -0.0372. The third kappa shape index (κ3) is 8.52. The molecule has 0 aromatic heterocycles. The first kappa shape index (κ1) is 24.3. The summed E-state index contributed by atoms with van der Waals surface area (Å²) >= 11 is 1.73. The standard InChI is InChI=1S/C21H28N4OS.HI/c1-22-21(25(2)16-18-9-11-19(27-3)12-10-18)24-15-20(26)23-14-13-17-7-5-4-6-8-17;/h4-12H,13-16H2,1-3H3,(H,22,24)(H,23,26);1H. The van der Waals surface area contributed by atoms with E-state index >= 15 is 0 Å². The predicted molar refractivity (Wildman–Crippen MR) is 130 cm³/mol. The second-order valence-electron chi connectivity index (χ2n) is 6.19. The summed E-state index contributed by atoms with van der Waals surface area (Å²) in [5, 5.41) is 6.05. The normalized spacial score (nSPS) is 10.8. The third-order valence-corrected chi connectivity index (χ3v) is 4.88. The van der Waals surface area contributed by atoms with Crippen LogP contribution in [0.1, 0.15) is 11.1 Å². The molecule has 0 unspecified atom stereocenters. The van der Waals surface area contributed by atoms with Crippen LogP contribution in [0.5, 0.6) is 0 Å². The van der Waals surface area contributed by atoms with Crippen molar-refractivity contribution in [1.29, 1.82) is 0 Å². The van der Waals surface area contributed by atoms with Crippen molar-refractivity contribution >= 4 is 47.6 Å². The topological polar surface area (TPSA) is 56.7 Å². The number of rotatable bonds is 8. The second-order valence-corrected chi connectivity index (χ2v) is 7.07. The highest BCUT2D eigenvalue weighted by Crippen LogP contribution is 2.15. The molecule has 0 bridgehead atoms. The van der Waals surface area contributed by atoms with Crippen LogP contribution in [0, 0.1) is 0 Å². The largest absolute Gasteiger partial charge is 0.354 e. The van der Waals surface area contributed by atoms with E-state index in [4.69, 9.17) is 0 Å². The minimum absolute atomic E-state index is 0. The molecule has 0 heterocycles. The summed E-state index contributed by atoms with van der Waals surface area (Å²) in [7, 11) is 3.69. The van der Waals surface area contributed by atoms with E-state index in [9.17, 15) is 4.79 Å². The molecule has 0 aliphatic carbocycles. The predicted octanol–water partition coefficient (Wildman–Crippen LogP) is 3.39. The quantitative estimate of drug-likeness (QED) is 0.247. The van der Waals surface area contributed by atoms with Crippen molar-refractivity contribution in [3.8, 4) is 0 Å². The molecule has 0 saturated heterocycles. The van der Waals surface area contributed by atoms with E-state index in [0.29, 0.717) is 12.5 Å². The van der Waals surface area contributed by atoms with Crippen LogP contribution in [-0.2, 0) is 17.8 Å². The highest BCUT2D eigenvalue weighted by atomic mass is 127. The molecule has 2 aromatic rings. The summed E-state index contributed by atoms with van der Waals surface area (Å²) in [4.78, 5) is 19.6. The van der Waals surface area contributed by atoms with Crippen LogP contribution < -0.4 is 10.6 Å². The smallest absolute Gasteiger partial charge is 0.239 e. The van der Waals surface area contributed by atoms with E-state index < -0.39 is 0 Å².